The summed E-state index contributed by atoms with van der Waals surface area (Å²) in [6.07, 6.45) is 11.6. The maximum atomic E-state index is 12.1. The molecule has 4 aliphatic rings. The third-order valence-electron chi connectivity index (χ3n) is 8.60. The van der Waals surface area contributed by atoms with Crippen LogP contribution in [0.25, 0.3) is 0 Å². The SMILES string of the molecule is CC(=O)C1=CC[C@@H]2[C@@H]3CC[C@H]4C[C@H](O)CC[C@]4(C)[C@H]3CC[C@]12C. The van der Waals surface area contributed by atoms with E-state index >= 15 is 0 Å². The van der Waals surface area contributed by atoms with E-state index in [9.17, 15) is 9.90 Å². The van der Waals surface area contributed by atoms with Gasteiger partial charge < -0.3 is 5.11 Å². The number of aliphatic hydroxyl groups is 1. The Morgan fingerprint density at radius 3 is 2.65 bits per heavy atom. The normalized spacial score (nSPS) is 52.2. The second-order valence-corrected chi connectivity index (χ2v) is 9.45. The molecule has 0 aromatic rings. The summed E-state index contributed by atoms with van der Waals surface area (Å²) in [6, 6.07) is 0. The predicted molar refractivity (Wildman–Crippen MR) is 91.9 cm³/mol. The van der Waals surface area contributed by atoms with Crippen LogP contribution >= 0.6 is 0 Å². The van der Waals surface area contributed by atoms with Gasteiger partial charge in [-0.2, -0.15) is 0 Å². The van der Waals surface area contributed by atoms with Crippen LogP contribution in [0.4, 0.5) is 0 Å². The minimum absolute atomic E-state index is 0.0593. The van der Waals surface area contributed by atoms with E-state index in [0.29, 0.717) is 17.1 Å². The van der Waals surface area contributed by atoms with E-state index in [1.165, 1.54) is 32.1 Å². The second-order valence-electron chi connectivity index (χ2n) is 9.45. The van der Waals surface area contributed by atoms with Crippen molar-refractivity contribution >= 4 is 5.78 Å². The molecular weight excluding hydrogens is 284 g/mol. The highest BCUT2D eigenvalue weighted by molar-refractivity contribution is 5.95. The molecule has 1 N–H and O–H groups in total. The van der Waals surface area contributed by atoms with Crippen LogP contribution in [0.1, 0.15) is 72.1 Å². The third kappa shape index (κ3) is 2.13. The Kier molecular flexibility index (Phi) is 3.58. The zero-order valence-corrected chi connectivity index (χ0v) is 15.0. The molecule has 0 aromatic carbocycles. The summed E-state index contributed by atoms with van der Waals surface area (Å²) in [4.78, 5) is 12.1. The first kappa shape index (κ1) is 15.9. The molecular formula is C21H32O2. The molecule has 0 radical (unpaired) electrons. The average Bonchev–Trinajstić information content (AvgIpc) is 2.85. The van der Waals surface area contributed by atoms with Crippen LogP contribution in [0, 0.1) is 34.5 Å². The van der Waals surface area contributed by atoms with E-state index in [0.717, 1.165) is 42.6 Å². The lowest BCUT2D eigenvalue weighted by Gasteiger charge is -2.60. The van der Waals surface area contributed by atoms with Crippen LogP contribution < -0.4 is 0 Å². The first-order valence-electron chi connectivity index (χ1n) is 9.76. The van der Waals surface area contributed by atoms with Crippen molar-refractivity contribution < 1.29 is 9.90 Å². The number of carbonyl (C=O) groups is 1. The molecule has 128 valence electrons. The molecule has 0 amide bonds. The van der Waals surface area contributed by atoms with E-state index in [-0.39, 0.29) is 11.5 Å². The fourth-order valence-electron chi connectivity index (χ4n) is 7.35. The van der Waals surface area contributed by atoms with Crippen LogP contribution in [0.5, 0.6) is 0 Å². The van der Waals surface area contributed by atoms with E-state index in [2.05, 4.69) is 19.9 Å². The van der Waals surface area contributed by atoms with E-state index < -0.39 is 0 Å². The van der Waals surface area contributed by atoms with Gasteiger partial charge in [0.05, 0.1) is 6.10 Å². The lowest BCUT2D eigenvalue weighted by atomic mass is 9.44. The number of hydrogen-bond donors (Lipinski definition) is 1. The second kappa shape index (κ2) is 5.18. The van der Waals surface area contributed by atoms with Crippen LogP contribution in [0.15, 0.2) is 11.6 Å². The molecule has 0 heterocycles. The molecule has 0 spiro atoms. The van der Waals surface area contributed by atoms with Crippen molar-refractivity contribution in [1.82, 2.24) is 0 Å². The summed E-state index contributed by atoms with van der Waals surface area (Å²) in [5.74, 6) is 3.31. The van der Waals surface area contributed by atoms with E-state index in [1.807, 2.05) is 0 Å². The highest BCUT2D eigenvalue weighted by Gasteiger charge is 2.58. The lowest BCUT2D eigenvalue weighted by molar-refractivity contribution is -0.124. The summed E-state index contributed by atoms with van der Waals surface area (Å²) in [5, 5.41) is 10.1. The van der Waals surface area contributed by atoms with Crippen molar-refractivity contribution in [2.75, 3.05) is 0 Å². The van der Waals surface area contributed by atoms with Gasteiger partial charge in [-0.1, -0.05) is 19.9 Å². The number of ketones is 1. The monoisotopic (exact) mass is 316 g/mol. The highest BCUT2D eigenvalue weighted by atomic mass is 16.3. The first-order valence-corrected chi connectivity index (χ1v) is 9.76. The van der Waals surface area contributed by atoms with Gasteiger partial charge in [0.15, 0.2) is 5.78 Å². The van der Waals surface area contributed by atoms with Gasteiger partial charge in [0.25, 0.3) is 0 Å². The van der Waals surface area contributed by atoms with Crippen LogP contribution in [-0.4, -0.2) is 17.0 Å². The number of aliphatic hydroxyl groups excluding tert-OH is 1. The Labute approximate surface area is 140 Å². The predicted octanol–water partition coefficient (Wildman–Crippen LogP) is 4.52. The van der Waals surface area contributed by atoms with Crippen LogP contribution in [-0.2, 0) is 4.79 Å². The van der Waals surface area contributed by atoms with Crippen LogP contribution in [0.2, 0.25) is 0 Å². The smallest absolute Gasteiger partial charge is 0.156 e. The van der Waals surface area contributed by atoms with Gasteiger partial charge >= 0.3 is 0 Å². The number of allylic oxidation sites excluding steroid dienone is 2. The molecule has 0 aromatic heterocycles. The summed E-state index contributed by atoms with van der Waals surface area (Å²) in [5.41, 5.74) is 1.71. The van der Waals surface area contributed by atoms with Gasteiger partial charge in [0.1, 0.15) is 0 Å². The number of rotatable bonds is 1. The molecule has 23 heavy (non-hydrogen) atoms. The fourth-order valence-corrected chi connectivity index (χ4v) is 7.35. The minimum Gasteiger partial charge on any atom is -0.393 e. The third-order valence-corrected chi connectivity index (χ3v) is 8.60. The molecule has 2 nitrogen and oxygen atoms in total. The molecule has 0 bridgehead atoms. The summed E-state index contributed by atoms with van der Waals surface area (Å²) in [6.45, 7) is 6.65. The molecule has 2 heteroatoms. The molecule has 3 fully saturated rings. The molecule has 7 atom stereocenters. The minimum atomic E-state index is -0.0593. The maximum absolute atomic E-state index is 12.1. The van der Waals surface area contributed by atoms with Gasteiger partial charge in [-0.15, -0.1) is 0 Å². The Bertz CT molecular complexity index is 550. The van der Waals surface area contributed by atoms with Gasteiger partial charge in [-0.05, 0) is 98.4 Å². The number of hydrogen-bond acceptors (Lipinski definition) is 2. The molecule has 4 aliphatic carbocycles. The Morgan fingerprint density at radius 2 is 1.91 bits per heavy atom. The Hall–Kier alpha value is -0.630. The zero-order chi connectivity index (χ0) is 16.4. The summed E-state index contributed by atoms with van der Waals surface area (Å²) >= 11 is 0. The van der Waals surface area contributed by atoms with Gasteiger partial charge in [0, 0.05) is 0 Å². The summed E-state index contributed by atoms with van der Waals surface area (Å²) in [7, 11) is 0. The molecule has 0 unspecified atom stereocenters. The van der Waals surface area contributed by atoms with Crippen molar-refractivity contribution in [3.05, 3.63) is 11.6 Å². The van der Waals surface area contributed by atoms with Crippen LogP contribution in [0.3, 0.4) is 0 Å². The number of fused-ring (bicyclic) bond motifs is 5. The molecule has 0 saturated heterocycles. The van der Waals surface area contributed by atoms with Crippen molar-refractivity contribution in [2.24, 2.45) is 34.5 Å². The molecule has 4 rings (SSSR count). The standard InChI is InChI=1S/C21H32O2/c1-13(22)17-6-7-18-16-5-4-14-12-15(23)8-10-20(14,2)19(16)9-11-21(17,18)3/h6,14-16,18-19,23H,4-5,7-12H2,1-3H3/t14-,15+,16-,18+,19-,20-,21+/m0/s1. The largest absolute Gasteiger partial charge is 0.393 e. The van der Waals surface area contributed by atoms with Crippen molar-refractivity contribution in [3.63, 3.8) is 0 Å². The fraction of sp³-hybridized carbons (Fsp3) is 0.857. The zero-order valence-electron chi connectivity index (χ0n) is 15.0. The van der Waals surface area contributed by atoms with Crippen molar-refractivity contribution in [2.45, 2.75) is 78.2 Å². The van der Waals surface area contributed by atoms with E-state index in [4.69, 9.17) is 0 Å². The number of Topliss-reactive ketones (excluding diaryl/α,β-unsaturated/α-hetero) is 1. The first-order chi connectivity index (χ1) is 10.9. The highest BCUT2D eigenvalue weighted by Crippen LogP contribution is 2.66. The molecule has 0 aliphatic heterocycles. The Balaban J connectivity index is 1.62. The van der Waals surface area contributed by atoms with Gasteiger partial charge in [0.2, 0.25) is 0 Å². The van der Waals surface area contributed by atoms with Crippen molar-refractivity contribution in [1.29, 1.82) is 0 Å². The maximum Gasteiger partial charge on any atom is 0.156 e. The Morgan fingerprint density at radius 1 is 1.13 bits per heavy atom. The summed E-state index contributed by atoms with van der Waals surface area (Å²) < 4.78 is 0. The quantitative estimate of drug-likeness (QED) is 0.772. The van der Waals surface area contributed by atoms with Gasteiger partial charge in [-0.25, -0.2) is 0 Å². The van der Waals surface area contributed by atoms with Crippen molar-refractivity contribution in [3.8, 4) is 0 Å². The molecule has 3 saturated carbocycles. The van der Waals surface area contributed by atoms with E-state index in [1.54, 1.807) is 6.92 Å². The number of carbonyl (C=O) groups excluding carboxylic acids is 1. The van der Waals surface area contributed by atoms with Gasteiger partial charge in [-0.3, -0.25) is 4.79 Å². The topological polar surface area (TPSA) is 37.3 Å². The lowest BCUT2D eigenvalue weighted by Crippen LogP contribution is -2.53. The average molecular weight is 316 g/mol.